The molecule has 0 fully saturated rings. The number of rotatable bonds is 8. The molecule has 0 saturated heterocycles. The molecule has 1 aromatic rings. The Morgan fingerprint density at radius 3 is 2.53 bits per heavy atom. The molecule has 1 aromatic carbocycles. The lowest BCUT2D eigenvalue weighted by atomic mass is 10.1. The Labute approximate surface area is 118 Å². The maximum absolute atomic E-state index is 5.40. The molecule has 19 heavy (non-hydrogen) atoms. The second kappa shape index (κ2) is 8.18. The van der Waals surface area contributed by atoms with E-state index in [1.54, 1.807) is 7.11 Å². The first-order chi connectivity index (χ1) is 9.04. The summed E-state index contributed by atoms with van der Waals surface area (Å²) in [7, 11) is 3.90. The zero-order chi connectivity index (χ0) is 14.3. The maximum Gasteiger partial charge on any atom is 0.123 e. The predicted molar refractivity (Wildman–Crippen MR) is 81.7 cm³/mol. The van der Waals surface area contributed by atoms with E-state index in [0.717, 1.165) is 25.3 Å². The van der Waals surface area contributed by atoms with E-state index in [1.807, 2.05) is 12.1 Å². The molecule has 108 valence electrons. The second-order valence-corrected chi connectivity index (χ2v) is 5.47. The number of methoxy groups -OCH3 is 1. The summed E-state index contributed by atoms with van der Waals surface area (Å²) in [5.74, 6) is 0.974. The van der Waals surface area contributed by atoms with Crippen molar-refractivity contribution in [2.24, 2.45) is 0 Å². The minimum Gasteiger partial charge on any atom is -0.496 e. The Kier molecular flexibility index (Phi) is 6.89. The molecule has 0 aromatic heterocycles. The summed E-state index contributed by atoms with van der Waals surface area (Å²) in [5, 5.41) is 3.47. The average Bonchev–Trinajstić information content (AvgIpc) is 2.38. The summed E-state index contributed by atoms with van der Waals surface area (Å²) < 4.78 is 5.40. The highest BCUT2D eigenvalue weighted by Gasteiger charge is 2.11. The molecular weight excluding hydrogens is 236 g/mol. The molecule has 0 aliphatic carbocycles. The molecule has 0 heterocycles. The highest BCUT2D eigenvalue weighted by atomic mass is 16.5. The summed E-state index contributed by atoms with van der Waals surface area (Å²) in [6, 6.07) is 9.35. The molecule has 3 heteroatoms. The lowest BCUT2D eigenvalue weighted by Gasteiger charge is -2.26. The van der Waals surface area contributed by atoms with Gasteiger partial charge in [0.05, 0.1) is 7.11 Å². The Bertz CT molecular complexity index is 366. The summed E-state index contributed by atoms with van der Waals surface area (Å²) in [6.45, 7) is 8.63. The van der Waals surface area contributed by atoms with E-state index in [0.29, 0.717) is 12.1 Å². The molecule has 3 nitrogen and oxygen atoms in total. The number of nitrogens with zero attached hydrogens (tertiary/aromatic N) is 1. The first kappa shape index (κ1) is 16.0. The largest absolute Gasteiger partial charge is 0.496 e. The van der Waals surface area contributed by atoms with Crippen molar-refractivity contribution in [2.45, 2.75) is 45.8 Å². The van der Waals surface area contributed by atoms with Crippen LogP contribution in [-0.4, -0.2) is 37.7 Å². The van der Waals surface area contributed by atoms with Crippen molar-refractivity contribution in [3.8, 4) is 5.75 Å². The predicted octanol–water partition coefficient (Wildman–Crippen LogP) is 2.90. The van der Waals surface area contributed by atoms with Crippen molar-refractivity contribution >= 4 is 0 Å². The van der Waals surface area contributed by atoms with Crippen molar-refractivity contribution in [1.29, 1.82) is 0 Å². The van der Waals surface area contributed by atoms with Gasteiger partial charge >= 0.3 is 0 Å². The molecule has 1 rings (SSSR count). The zero-order valence-electron chi connectivity index (χ0n) is 12.9. The Morgan fingerprint density at radius 2 is 1.89 bits per heavy atom. The minimum absolute atomic E-state index is 0.552. The SMILES string of the molecule is COc1ccccc1CN(C)C(C)CCNC(C)C. The summed E-state index contributed by atoms with van der Waals surface area (Å²) in [6.07, 6.45) is 1.16. The van der Waals surface area contributed by atoms with Gasteiger partial charge in [0.25, 0.3) is 0 Å². The third-order valence-electron chi connectivity index (χ3n) is 3.48. The molecule has 1 unspecified atom stereocenters. The Balaban J connectivity index is 2.46. The van der Waals surface area contributed by atoms with Crippen LogP contribution in [0, 0.1) is 0 Å². The van der Waals surface area contributed by atoms with Gasteiger partial charge in [0.1, 0.15) is 5.75 Å². The van der Waals surface area contributed by atoms with E-state index < -0.39 is 0 Å². The van der Waals surface area contributed by atoms with Crippen molar-refractivity contribution in [3.63, 3.8) is 0 Å². The van der Waals surface area contributed by atoms with Gasteiger partial charge in [-0.2, -0.15) is 0 Å². The number of para-hydroxylation sites is 1. The number of ether oxygens (including phenoxy) is 1. The van der Waals surface area contributed by atoms with Crippen LogP contribution < -0.4 is 10.1 Å². The molecule has 0 aliphatic heterocycles. The van der Waals surface area contributed by atoms with Crippen LogP contribution in [0.3, 0.4) is 0 Å². The molecule has 1 N–H and O–H groups in total. The van der Waals surface area contributed by atoms with E-state index in [1.165, 1.54) is 5.56 Å². The van der Waals surface area contributed by atoms with E-state index in [-0.39, 0.29) is 0 Å². The summed E-state index contributed by atoms with van der Waals surface area (Å²) in [5.41, 5.74) is 1.25. The van der Waals surface area contributed by atoms with Crippen molar-refractivity contribution < 1.29 is 4.74 Å². The van der Waals surface area contributed by atoms with E-state index in [2.05, 4.69) is 50.2 Å². The first-order valence-electron chi connectivity index (χ1n) is 7.10. The van der Waals surface area contributed by atoms with Gasteiger partial charge < -0.3 is 10.1 Å². The van der Waals surface area contributed by atoms with Crippen LogP contribution in [0.2, 0.25) is 0 Å². The topological polar surface area (TPSA) is 24.5 Å². The zero-order valence-corrected chi connectivity index (χ0v) is 12.9. The maximum atomic E-state index is 5.40. The number of nitrogens with one attached hydrogen (secondary N) is 1. The van der Waals surface area contributed by atoms with Crippen LogP contribution in [0.5, 0.6) is 5.75 Å². The second-order valence-electron chi connectivity index (χ2n) is 5.47. The summed E-state index contributed by atoms with van der Waals surface area (Å²) in [4.78, 5) is 2.37. The normalized spacial score (nSPS) is 13.0. The van der Waals surface area contributed by atoms with E-state index >= 15 is 0 Å². The summed E-state index contributed by atoms with van der Waals surface area (Å²) >= 11 is 0. The molecule has 0 bridgehead atoms. The third kappa shape index (κ3) is 5.62. The fraction of sp³-hybridized carbons (Fsp3) is 0.625. The molecule has 0 aliphatic rings. The minimum atomic E-state index is 0.552. The van der Waals surface area contributed by atoms with Crippen LogP contribution in [0.15, 0.2) is 24.3 Å². The van der Waals surface area contributed by atoms with Gasteiger partial charge in [0.15, 0.2) is 0 Å². The van der Waals surface area contributed by atoms with Crippen LogP contribution in [0.25, 0.3) is 0 Å². The highest BCUT2D eigenvalue weighted by molar-refractivity contribution is 5.33. The smallest absolute Gasteiger partial charge is 0.123 e. The quantitative estimate of drug-likeness (QED) is 0.781. The van der Waals surface area contributed by atoms with Crippen LogP contribution in [0.1, 0.15) is 32.8 Å². The fourth-order valence-electron chi connectivity index (χ4n) is 2.06. The van der Waals surface area contributed by atoms with Crippen LogP contribution in [0.4, 0.5) is 0 Å². The molecule has 0 radical (unpaired) electrons. The Hall–Kier alpha value is -1.06. The van der Waals surface area contributed by atoms with Gasteiger partial charge in [-0.15, -0.1) is 0 Å². The lowest BCUT2D eigenvalue weighted by Crippen LogP contribution is -2.33. The first-order valence-corrected chi connectivity index (χ1v) is 7.10. The van der Waals surface area contributed by atoms with Crippen molar-refractivity contribution in [2.75, 3.05) is 20.7 Å². The van der Waals surface area contributed by atoms with Crippen LogP contribution in [-0.2, 0) is 6.54 Å². The van der Waals surface area contributed by atoms with E-state index in [9.17, 15) is 0 Å². The molecule has 1 atom stereocenters. The number of benzene rings is 1. The molecular formula is C16H28N2O. The van der Waals surface area contributed by atoms with Gasteiger partial charge in [0.2, 0.25) is 0 Å². The standard InChI is InChI=1S/C16H28N2O/c1-13(2)17-11-10-14(3)18(4)12-15-8-6-7-9-16(15)19-5/h6-9,13-14,17H,10-12H2,1-5H3. The highest BCUT2D eigenvalue weighted by Crippen LogP contribution is 2.19. The average molecular weight is 264 g/mol. The molecule has 0 spiro atoms. The monoisotopic (exact) mass is 264 g/mol. The Morgan fingerprint density at radius 1 is 1.21 bits per heavy atom. The van der Waals surface area contributed by atoms with Gasteiger partial charge in [-0.1, -0.05) is 32.0 Å². The number of hydrogen-bond acceptors (Lipinski definition) is 3. The van der Waals surface area contributed by atoms with Gasteiger partial charge in [-0.25, -0.2) is 0 Å². The van der Waals surface area contributed by atoms with Gasteiger partial charge in [-0.3, -0.25) is 4.90 Å². The van der Waals surface area contributed by atoms with Gasteiger partial charge in [0, 0.05) is 24.2 Å². The van der Waals surface area contributed by atoms with E-state index in [4.69, 9.17) is 4.74 Å². The van der Waals surface area contributed by atoms with Crippen LogP contribution >= 0.6 is 0 Å². The lowest BCUT2D eigenvalue weighted by molar-refractivity contribution is 0.232. The number of hydrogen-bond donors (Lipinski definition) is 1. The van der Waals surface area contributed by atoms with Gasteiger partial charge in [-0.05, 0) is 33.0 Å². The molecule has 0 amide bonds. The van der Waals surface area contributed by atoms with Crippen molar-refractivity contribution in [1.82, 2.24) is 10.2 Å². The molecule has 0 saturated carbocycles. The third-order valence-corrected chi connectivity index (χ3v) is 3.48. The fourth-order valence-corrected chi connectivity index (χ4v) is 2.06. The van der Waals surface area contributed by atoms with Crippen molar-refractivity contribution in [3.05, 3.63) is 29.8 Å².